The third kappa shape index (κ3) is 1.78. The maximum absolute atomic E-state index is 13.5. The van der Waals surface area contributed by atoms with E-state index >= 15 is 0 Å². The second-order valence-corrected chi connectivity index (χ2v) is 5.16. The van der Waals surface area contributed by atoms with Crippen molar-refractivity contribution in [1.29, 1.82) is 0 Å². The molecule has 19 heavy (non-hydrogen) atoms. The van der Waals surface area contributed by atoms with Crippen molar-refractivity contribution >= 4 is 11.0 Å². The minimum absolute atomic E-state index is 0.0138. The molecule has 1 nitrogen and oxygen atoms in total. The summed E-state index contributed by atoms with van der Waals surface area (Å²) in [5.74, 6) is 0.0138. The van der Waals surface area contributed by atoms with Crippen molar-refractivity contribution in [3.05, 3.63) is 48.2 Å². The summed E-state index contributed by atoms with van der Waals surface area (Å²) >= 11 is 0. The summed E-state index contributed by atoms with van der Waals surface area (Å²) in [6.07, 6.45) is -3.97. The van der Waals surface area contributed by atoms with Crippen LogP contribution in [0.2, 0.25) is 0 Å². The fourth-order valence-corrected chi connectivity index (χ4v) is 2.80. The Kier molecular flexibility index (Phi) is 2.52. The number of benzene rings is 1. The third-order valence-corrected chi connectivity index (χ3v) is 3.90. The molecule has 0 saturated heterocycles. The summed E-state index contributed by atoms with van der Waals surface area (Å²) in [5, 5.41) is 0.707. The lowest BCUT2D eigenvalue weighted by atomic mass is 9.82. The topological polar surface area (TPSA) is 13.1 Å². The smallest absolute Gasteiger partial charge is 0.401 e. The fourth-order valence-electron chi connectivity index (χ4n) is 2.80. The normalized spacial score (nSPS) is 24.3. The van der Waals surface area contributed by atoms with Crippen LogP contribution >= 0.6 is 0 Å². The molecule has 0 radical (unpaired) electrons. The number of hydrogen-bond acceptors (Lipinski definition) is 1. The highest BCUT2D eigenvalue weighted by atomic mass is 19.4. The van der Waals surface area contributed by atoms with Crippen LogP contribution in [0, 0.1) is 0 Å². The summed E-state index contributed by atoms with van der Waals surface area (Å²) in [6, 6.07) is 8.50. The van der Waals surface area contributed by atoms with Crippen molar-refractivity contribution in [2.24, 2.45) is 0 Å². The molecule has 0 bridgehead atoms. The van der Waals surface area contributed by atoms with Crippen LogP contribution in [-0.2, 0) is 5.41 Å². The molecular weight excluding hydrogens is 253 g/mol. The van der Waals surface area contributed by atoms with Gasteiger partial charge in [0.2, 0.25) is 0 Å². The van der Waals surface area contributed by atoms with Gasteiger partial charge in [0.05, 0.1) is 0 Å². The van der Waals surface area contributed by atoms with E-state index < -0.39 is 11.6 Å². The van der Waals surface area contributed by atoms with Crippen LogP contribution in [-0.4, -0.2) is 6.18 Å². The van der Waals surface area contributed by atoms with E-state index in [-0.39, 0.29) is 18.6 Å². The molecule has 1 aromatic carbocycles. The Balaban J connectivity index is 2.17. The lowest BCUT2D eigenvalue weighted by molar-refractivity contribution is -0.192. The third-order valence-electron chi connectivity index (χ3n) is 3.90. The molecule has 0 N–H and O–H groups in total. The van der Waals surface area contributed by atoms with Crippen LogP contribution in [0.15, 0.2) is 46.9 Å². The minimum Gasteiger partial charge on any atom is -0.460 e. The first-order valence-electron chi connectivity index (χ1n) is 6.15. The van der Waals surface area contributed by atoms with E-state index in [0.29, 0.717) is 23.0 Å². The summed E-state index contributed by atoms with van der Waals surface area (Å²) in [4.78, 5) is 0. The van der Waals surface area contributed by atoms with E-state index in [1.54, 1.807) is 24.3 Å². The van der Waals surface area contributed by atoms with Crippen molar-refractivity contribution in [2.75, 3.05) is 0 Å². The molecule has 0 aliphatic heterocycles. The van der Waals surface area contributed by atoms with Gasteiger partial charge < -0.3 is 4.42 Å². The van der Waals surface area contributed by atoms with Crippen molar-refractivity contribution < 1.29 is 17.6 Å². The summed E-state index contributed by atoms with van der Waals surface area (Å²) < 4.78 is 46.0. The largest absolute Gasteiger partial charge is 0.460 e. The molecule has 3 rings (SSSR count). The van der Waals surface area contributed by atoms with Gasteiger partial charge in [-0.1, -0.05) is 30.4 Å². The minimum atomic E-state index is -4.32. The number of allylic oxidation sites excluding steroid dienone is 1. The van der Waals surface area contributed by atoms with E-state index in [9.17, 15) is 13.2 Å². The van der Waals surface area contributed by atoms with Crippen LogP contribution in [0.25, 0.3) is 11.0 Å². The van der Waals surface area contributed by atoms with Gasteiger partial charge in [0.1, 0.15) is 16.8 Å². The number of hydrogen-bond donors (Lipinski definition) is 0. The van der Waals surface area contributed by atoms with Gasteiger partial charge in [-0.05, 0) is 31.4 Å². The number of halogens is 3. The van der Waals surface area contributed by atoms with Gasteiger partial charge in [-0.2, -0.15) is 13.2 Å². The SMILES string of the molecule is C=C1CCC(c2cc3ccccc3o2)(C(F)(F)F)C1. The van der Waals surface area contributed by atoms with E-state index in [2.05, 4.69) is 6.58 Å². The number of para-hydroxylation sites is 1. The van der Waals surface area contributed by atoms with Crippen LogP contribution in [0.1, 0.15) is 25.0 Å². The summed E-state index contributed by atoms with van der Waals surface area (Å²) in [5.41, 5.74) is -0.764. The Hall–Kier alpha value is -1.71. The number of alkyl halides is 3. The molecule has 1 aliphatic rings. The van der Waals surface area contributed by atoms with Crippen molar-refractivity contribution in [3.8, 4) is 0 Å². The Morgan fingerprint density at radius 3 is 2.53 bits per heavy atom. The molecule has 2 aromatic rings. The maximum atomic E-state index is 13.5. The standard InChI is InChI=1S/C15H13F3O/c1-10-6-7-14(9-10,15(16,17)18)13-8-11-4-2-3-5-12(11)19-13/h2-5,8H,1,6-7,9H2. The molecule has 1 fully saturated rings. The van der Waals surface area contributed by atoms with Crippen molar-refractivity contribution in [1.82, 2.24) is 0 Å². The van der Waals surface area contributed by atoms with Crippen LogP contribution in [0.4, 0.5) is 13.2 Å². The zero-order valence-corrected chi connectivity index (χ0v) is 10.3. The average Bonchev–Trinajstić information content (AvgIpc) is 2.91. The number of furan rings is 1. The van der Waals surface area contributed by atoms with Gasteiger partial charge in [-0.3, -0.25) is 0 Å². The molecular formula is C15H13F3O. The molecule has 1 aliphatic carbocycles. The molecule has 0 amide bonds. The number of rotatable bonds is 1. The van der Waals surface area contributed by atoms with Crippen molar-refractivity contribution in [2.45, 2.75) is 30.9 Å². The zero-order chi connectivity index (χ0) is 13.7. The second-order valence-electron chi connectivity index (χ2n) is 5.16. The zero-order valence-electron chi connectivity index (χ0n) is 10.3. The molecule has 1 unspecified atom stereocenters. The van der Waals surface area contributed by atoms with Gasteiger partial charge in [0.25, 0.3) is 0 Å². The van der Waals surface area contributed by atoms with Gasteiger partial charge >= 0.3 is 6.18 Å². The average molecular weight is 266 g/mol. The van der Waals surface area contributed by atoms with E-state index in [4.69, 9.17) is 4.42 Å². The summed E-state index contributed by atoms with van der Waals surface area (Å²) in [7, 11) is 0. The Bertz CT molecular complexity index is 605. The first-order chi connectivity index (χ1) is 8.92. The van der Waals surface area contributed by atoms with Crippen LogP contribution in [0.3, 0.4) is 0 Å². The molecule has 1 aromatic heterocycles. The lowest BCUT2D eigenvalue weighted by Gasteiger charge is -2.29. The lowest BCUT2D eigenvalue weighted by Crippen LogP contribution is -2.39. The second kappa shape index (κ2) is 3.89. The molecule has 1 heterocycles. The van der Waals surface area contributed by atoms with E-state index in [0.717, 1.165) is 0 Å². The van der Waals surface area contributed by atoms with Crippen LogP contribution in [0.5, 0.6) is 0 Å². The molecule has 4 heteroatoms. The quantitative estimate of drug-likeness (QED) is 0.664. The highest BCUT2D eigenvalue weighted by Gasteiger charge is 2.59. The van der Waals surface area contributed by atoms with Crippen molar-refractivity contribution in [3.63, 3.8) is 0 Å². The van der Waals surface area contributed by atoms with Gasteiger partial charge in [-0.25, -0.2) is 0 Å². The molecule has 1 saturated carbocycles. The molecule has 100 valence electrons. The highest BCUT2D eigenvalue weighted by Crippen LogP contribution is 2.54. The van der Waals surface area contributed by atoms with E-state index in [1.165, 1.54) is 6.07 Å². The Morgan fingerprint density at radius 1 is 1.21 bits per heavy atom. The maximum Gasteiger partial charge on any atom is 0.401 e. The number of fused-ring (bicyclic) bond motifs is 1. The summed E-state index contributed by atoms with van der Waals surface area (Å²) in [6.45, 7) is 3.70. The van der Waals surface area contributed by atoms with Gasteiger partial charge in [-0.15, -0.1) is 0 Å². The first kappa shape index (κ1) is 12.3. The highest BCUT2D eigenvalue weighted by molar-refractivity contribution is 5.78. The first-order valence-corrected chi connectivity index (χ1v) is 6.15. The Morgan fingerprint density at radius 2 is 1.95 bits per heavy atom. The van der Waals surface area contributed by atoms with E-state index in [1.807, 2.05) is 0 Å². The molecule has 0 spiro atoms. The fraction of sp³-hybridized carbons (Fsp3) is 0.333. The predicted octanol–water partition coefficient (Wildman–Crippen LogP) is 4.97. The molecule has 1 atom stereocenters. The monoisotopic (exact) mass is 266 g/mol. The Labute approximate surface area is 108 Å². The predicted molar refractivity (Wildman–Crippen MR) is 66.9 cm³/mol. The van der Waals surface area contributed by atoms with Crippen LogP contribution < -0.4 is 0 Å². The van der Waals surface area contributed by atoms with Gasteiger partial charge in [0.15, 0.2) is 0 Å². The van der Waals surface area contributed by atoms with Gasteiger partial charge in [0, 0.05) is 5.39 Å².